The van der Waals surface area contributed by atoms with E-state index in [-0.39, 0.29) is 17.5 Å². The van der Waals surface area contributed by atoms with Crippen LogP contribution in [0.1, 0.15) is 31.7 Å². The minimum atomic E-state index is -0.462. The van der Waals surface area contributed by atoms with Crippen LogP contribution in [0.25, 0.3) is 22.5 Å². The van der Waals surface area contributed by atoms with Crippen molar-refractivity contribution < 1.29 is 14.2 Å². The van der Waals surface area contributed by atoms with Gasteiger partial charge in [-0.05, 0) is 64.0 Å². The van der Waals surface area contributed by atoms with Crippen LogP contribution < -0.4 is 15.0 Å². The number of hydrogen-bond acceptors (Lipinski definition) is 9. The number of aliphatic hydroxyl groups excluding tert-OH is 1. The fourth-order valence-electron chi connectivity index (χ4n) is 5.68. The molecule has 5 heterocycles. The lowest BCUT2D eigenvalue weighted by Crippen LogP contribution is -2.38. The van der Waals surface area contributed by atoms with Crippen molar-refractivity contribution in [1.82, 2.24) is 29.6 Å². The van der Waals surface area contributed by atoms with Gasteiger partial charge in [-0.3, -0.25) is 4.68 Å². The Morgan fingerprint density at radius 2 is 1.90 bits per heavy atom. The topological polar surface area (TPSA) is 104 Å². The van der Waals surface area contributed by atoms with E-state index in [9.17, 15) is 9.50 Å². The summed E-state index contributed by atoms with van der Waals surface area (Å²) < 4.78 is 22.1. The van der Waals surface area contributed by atoms with Gasteiger partial charge in [-0.1, -0.05) is 6.07 Å². The second kappa shape index (κ2) is 11.8. The summed E-state index contributed by atoms with van der Waals surface area (Å²) in [5.41, 5.74) is 3.12. The summed E-state index contributed by atoms with van der Waals surface area (Å²) in [5.74, 6) is 1.16. The second-order valence-electron chi connectivity index (χ2n) is 10.8. The van der Waals surface area contributed by atoms with Crippen LogP contribution in [0.5, 0.6) is 5.75 Å². The minimum Gasteiger partial charge on any atom is -0.496 e. The number of halogens is 1. The van der Waals surface area contributed by atoms with E-state index >= 15 is 0 Å². The fourth-order valence-corrected chi connectivity index (χ4v) is 5.68. The molecule has 41 heavy (non-hydrogen) atoms. The summed E-state index contributed by atoms with van der Waals surface area (Å²) in [6.07, 6.45) is 10.9. The van der Waals surface area contributed by atoms with Crippen molar-refractivity contribution >= 4 is 17.3 Å². The molecule has 0 amide bonds. The van der Waals surface area contributed by atoms with Crippen molar-refractivity contribution in [1.29, 1.82) is 0 Å². The van der Waals surface area contributed by atoms with Crippen molar-refractivity contribution in [2.45, 2.75) is 37.8 Å². The summed E-state index contributed by atoms with van der Waals surface area (Å²) in [5, 5.41) is 18.4. The molecule has 214 valence electrons. The lowest BCUT2D eigenvalue weighted by atomic mass is 10.0. The number of nitrogens with zero attached hydrogens (tertiary/aromatic N) is 7. The molecule has 1 aromatic carbocycles. The van der Waals surface area contributed by atoms with Crippen molar-refractivity contribution in [3.05, 3.63) is 60.9 Å². The molecular weight excluding hydrogens is 523 g/mol. The first-order valence-corrected chi connectivity index (χ1v) is 14.1. The standard InChI is InChI=1S/C30H35FN8O2/c1-37-13-9-21(10-14-37)39-18-20(16-34-39)23-17-33-28(15-25(23)38-12-4-5-22(40)19-38)35-27-8-11-32-30(36-27)29-24(31)6-3-7-26(29)41-2/h3,6-8,11,15-18,21-22,40H,4-5,9-10,12-14,19H2,1-2H3,(H,32,33,35,36)/t22-/m0/s1. The van der Waals surface area contributed by atoms with E-state index in [1.807, 2.05) is 18.5 Å². The summed E-state index contributed by atoms with van der Waals surface area (Å²) >= 11 is 0. The zero-order chi connectivity index (χ0) is 28.3. The molecule has 0 unspecified atom stereocenters. The molecule has 0 radical (unpaired) electrons. The summed E-state index contributed by atoms with van der Waals surface area (Å²) in [7, 11) is 3.65. The Morgan fingerprint density at radius 1 is 1.05 bits per heavy atom. The SMILES string of the molecule is COc1cccc(F)c1-c1nccc(Nc2cc(N3CCC[C@H](O)C3)c(-c3cnn(C4CCN(C)CC4)c3)cn2)n1. The number of methoxy groups -OCH3 is 1. The Labute approximate surface area is 238 Å². The number of likely N-dealkylation sites (tertiary alicyclic amines) is 1. The van der Waals surface area contributed by atoms with E-state index in [2.05, 4.69) is 43.0 Å². The molecule has 2 aliphatic rings. The maximum atomic E-state index is 14.7. The molecule has 2 saturated heterocycles. The van der Waals surface area contributed by atoms with Gasteiger partial charge in [0.05, 0.1) is 36.7 Å². The predicted molar refractivity (Wildman–Crippen MR) is 156 cm³/mol. The zero-order valence-corrected chi connectivity index (χ0v) is 23.4. The van der Waals surface area contributed by atoms with Gasteiger partial charge in [0.2, 0.25) is 0 Å². The lowest BCUT2D eigenvalue weighted by molar-refractivity contribution is 0.154. The molecule has 11 heteroatoms. The quantitative estimate of drug-likeness (QED) is 0.339. The highest BCUT2D eigenvalue weighted by atomic mass is 19.1. The van der Waals surface area contributed by atoms with Crippen LogP contribution in [0.15, 0.2) is 55.1 Å². The Kier molecular flexibility index (Phi) is 7.80. The van der Waals surface area contributed by atoms with Gasteiger partial charge < -0.3 is 25.0 Å². The van der Waals surface area contributed by atoms with E-state index in [0.29, 0.717) is 30.0 Å². The highest BCUT2D eigenvalue weighted by molar-refractivity contribution is 5.80. The van der Waals surface area contributed by atoms with E-state index < -0.39 is 5.82 Å². The third-order valence-electron chi connectivity index (χ3n) is 7.92. The van der Waals surface area contributed by atoms with E-state index in [0.717, 1.165) is 62.1 Å². The monoisotopic (exact) mass is 558 g/mol. The van der Waals surface area contributed by atoms with Gasteiger partial charge in [0.15, 0.2) is 5.82 Å². The molecule has 0 aliphatic carbocycles. The molecule has 2 N–H and O–H groups in total. The fraction of sp³-hybridized carbons (Fsp3) is 0.400. The second-order valence-corrected chi connectivity index (χ2v) is 10.8. The van der Waals surface area contributed by atoms with Gasteiger partial charge >= 0.3 is 0 Å². The highest BCUT2D eigenvalue weighted by Gasteiger charge is 2.24. The summed E-state index contributed by atoms with van der Waals surface area (Å²) in [6, 6.07) is 8.69. The van der Waals surface area contributed by atoms with Crippen LogP contribution in [-0.4, -0.2) is 81.2 Å². The van der Waals surface area contributed by atoms with E-state index in [1.165, 1.54) is 13.2 Å². The molecule has 0 saturated carbocycles. The largest absolute Gasteiger partial charge is 0.496 e. The summed E-state index contributed by atoms with van der Waals surface area (Å²) in [6.45, 7) is 3.51. The van der Waals surface area contributed by atoms with Gasteiger partial charge in [0.1, 0.15) is 23.2 Å². The molecule has 3 aromatic heterocycles. The van der Waals surface area contributed by atoms with Gasteiger partial charge in [-0.25, -0.2) is 19.3 Å². The van der Waals surface area contributed by atoms with Crippen LogP contribution in [0.4, 0.5) is 21.7 Å². The molecule has 2 fully saturated rings. The molecule has 4 aromatic rings. The van der Waals surface area contributed by atoms with Crippen LogP contribution in [0.3, 0.4) is 0 Å². The maximum absolute atomic E-state index is 14.7. The Morgan fingerprint density at radius 3 is 2.71 bits per heavy atom. The average Bonchev–Trinajstić information content (AvgIpc) is 3.48. The van der Waals surface area contributed by atoms with Crippen molar-refractivity contribution in [2.75, 3.05) is 50.6 Å². The van der Waals surface area contributed by atoms with Crippen molar-refractivity contribution in [3.63, 3.8) is 0 Å². The Hall–Kier alpha value is -4.09. The lowest BCUT2D eigenvalue weighted by Gasteiger charge is -2.33. The van der Waals surface area contributed by atoms with Crippen LogP contribution >= 0.6 is 0 Å². The van der Waals surface area contributed by atoms with Gasteiger partial charge in [-0.2, -0.15) is 5.10 Å². The first-order chi connectivity index (χ1) is 20.0. The zero-order valence-electron chi connectivity index (χ0n) is 23.4. The molecule has 1 atom stereocenters. The number of rotatable bonds is 7. The third-order valence-corrected chi connectivity index (χ3v) is 7.92. The molecule has 6 rings (SSSR count). The Bertz CT molecular complexity index is 1500. The summed E-state index contributed by atoms with van der Waals surface area (Å²) in [4.78, 5) is 18.1. The number of pyridine rings is 1. The molecule has 2 aliphatic heterocycles. The van der Waals surface area contributed by atoms with Crippen LogP contribution in [0, 0.1) is 5.82 Å². The highest BCUT2D eigenvalue weighted by Crippen LogP contribution is 2.36. The predicted octanol–water partition coefficient (Wildman–Crippen LogP) is 4.52. The van der Waals surface area contributed by atoms with Gasteiger partial charge in [0, 0.05) is 48.9 Å². The smallest absolute Gasteiger partial charge is 0.168 e. The van der Waals surface area contributed by atoms with Crippen LogP contribution in [-0.2, 0) is 0 Å². The van der Waals surface area contributed by atoms with Crippen LogP contribution in [0.2, 0.25) is 0 Å². The first kappa shape index (κ1) is 27.1. The number of anilines is 3. The van der Waals surface area contributed by atoms with Gasteiger partial charge in [-0.15, -0.1) is 0 Å². The Balaban J connectivity index is 1.31. The van der Waals surface area contributed by atoms with E-state index in [4.69, 9.17) is 14.8 Å². The number of nitrogens with one attached hydrogen (secondary N) is 1. The number of aliphatic hydroxyl groups is 1. The van der Waals surface area contributed by atoms with Crippen molar-refractivity contribution in [3.8, 4) is 28.3 Å². The minimum absolute atomic E-state index is 0.201. The molecule has 0 spiro atoms. The normalized spacial score (nSPS) is 18.4. The number of benzene rings is 1. The van der Waals surface area contributed by atoms with E-state index in [1.54, 1.807) is 24.4 Å². The maximum Gasteiger partial charge on any atom is 0.168 e. The van der Waals surface area contributed by atoms with Crippen molar-refractivity contribution in [2.24, 2.45) is 0 Å². The number of hydrogen-bond donors (Lipinski definition) is 2. The number of β-amino-alcohol motifs (C(OH)–C–C–N with tert-alkyl or cyclic N) is 1. The number of aromatic nitrogens is 5. The average molecular weight is 559 g/mol. The number of piperidine rings is 2. The molecule has 0 bridgehead atoms. The molecular formula is C30H35FN8O2. The molecule has 10 nitrogen and oxygen atoms in total. The van der Waals surface area contributed by atoms with Gasteiger partial charge in [0.25, 0.3) is 0 Å². The first-order valence-electron chi connectivity index (χ1n) is 14.1. The third kappa shape index (κ3) is 5.86. The number of ether oxygens (including phenoxy) is 1.